The van der Waals surface area contributed by atoms with Crippen molar-refractivity contribution in [1.82, 2.24) is 0 Å². The van der Waals surface area contributed by atoms with Crippen LogP contribution in [0.2, 0.25) is 10.0 Å². The van der Waals surface area contributed by atoms with Crippen molar-refractivity contribution in [2.75, 3.05) is 5.73 Å². The van der Waals surface area contributed by atoms with Gasteiger partial charge in [-0.2, -0.15) is 0 Å². The zero-order valence-corrected chi connectivity index (χ0v) is 12.1. The quantitative estimate of drug-likeness (QED) is 0.775. The Morgan fingerprint density at radius 1 is 1.05 bits per heavy atom. The fraction of sp³-hybridized carbons (Fsp3) is 0.200. The van der Waals surface area contributed by atoms with E-state index >= 15 is 0 Å². The molecule has 2 aromatic carbocycles. The molecule has 2 nitrogen and oxygen atoms in total. The molecule has 4 heteroatoms. The maximum atomic E-state index is 6.21. The highest BCUT2D eigenvalue weighted by Crippen LogP contribution is 2.35. The van der Waals surface area contributed by atoms with Crippen LogP contribution in [0, 0.1) is 0 Å². The van der Waals surface area contributed by atoms with Gasteiger partial charge in [-0.3, -0.25) is 0 Å². The summed E-state index contributed by atoms with van der Waals surface area (Å²) in [6.07, 6.45) is 1.86. The zero-order chi connectivity index (χ0) is 13.8. The van der Waals surface area contributed by atoms with Crippen molar-refractivity contribution < 1.29 is 4.74 Å². The highest BCUT2D eigenvalue weighted by atomic mass is 35.5. The molecule has 2 rings (SSSR count). The van der Waals surface area contributed by atoms with Crippen LogP contribution >= 0.6 is 23.2 Å². The van der Waals surface area contributed by atoms with Gasteiger partial charge in [-0.05, 0) is 36.8 Å². The van der Waals surface area contributed by atoms with Crippen molar-refractivity contribution in [3.8, 4) is 11.5 Å². The normalized spacial score (nSPS) is 10.5. The molecule has 0 aromatic heterocycles. The minimum atomic E-state index is 0.488. The molecule has 0 saturated carbocycles. The molecule has 0 aliphatic heterocycles. The second kappa shape index (κ2) is 6.18. The van der Waals surface area contributed by atoms with E-state index in [9.17, 15) is 0 Å². The smallest absolute Gasteiger partial charge is 0.146 e. The average molecular weight is 296 g/mol. The third kappa shape index (κ3) is 3.34. The summed E-state index contributed by atoms with van der Waals surface area (Å²) in [5.74, 6) is 1.32. The van der Waals surface area contributed by atoms with Gasteiger partial charge in [-0.25, -0.2) is 0 Å². The third-order valence-electron chi connectivity index (χ3n) is 2.75. The average Bonchev–Trinajstić information content (AvgIpc) is 2.37. The van der Waals surface area contributed by atoms with Gasteiger partial charge >= 0.3 is 0 Å². The number of nitrogens with two attached hydrogens (primary N) is 1. The fourth-order valence-corrected chi connectivity index (χ4v) is 2.33. The molecule has 0 saturated heterocycles. The first kappa shape index (κ1) is 14.0. The molecule has 0 aliphatic carbocycles. The number of rotatable bonds is 4. The predicted octanol–water partition coefficient (Wildman–Crippen LogP) is 5.32. The van der Waals surface area contributed by atoms with Crippen LogP contribution < -0.4 is 10.5 Å². The van der Waals surface area contributed by atoms with E-state index in [2.05, 4.69) is 6.92 Å². The SMILES string of the molecule is CCCc1c(Cl)cccc1Oc1ccc(N)cc1Cl. The van der Waals surface area contributed by atoms with E-state index in [0.717, 1.165) is 24.2 Å². The number of hydrogen-bond acceptors (Lipinski definition) is 2. The van der Waals surface area contributed by atoms with Gasteiger partial charge < -0.3 is 10.5 Å². The summed E-state index contributed by atoms with van der Waals surface area (Å²) in [4.78, 5) is 0. The topological polar surface area (TPSA) is 35.2 Å². The van der Waals surface area contributed by atoms with E-state index in [1.54, 1.807) is 18.2 Å². The van der Waals surface area contributed by atoms with Crippen molar-refractivity contribution in [3.63, 3.8) is 0 Å². The largest absolute Gasteiger partial charge is 0.455 e. The number of benzene rings is 2. The lowest BCUT2D eigenvalue weighted by molar-refractivity contribution is 0.476. The standard InChI is InChI=1S/C15H15Cl2NO/c1-2-4-11-12(16)5-3-6-14(11)19-15-8-7-10(18)9-13(15)17/h3,5-9H,2,4,18H2,1H3. The highest BCUT2D eigenvalue weighted by molar-refractivity contribution is 6.32. The van der Waals surface area contributed by atoms with Crippen LogP contribution in [0.1, 0.15) is 18.9 Å². The van der Waals surface area contributed by atoms with Gasteiger partial charge in [0.25, 0.3) is 0 Å². The van der Waals surface area contributed by atoms with Gasteiger partial charge in [-0.1, -0.05) is 42.6 Å². The Balaban J connectivity index is 2.35. The molecular formula is C15H15Cl2NO. The lowest BCUT2D eigenvalue weighted by Gasteiger charge is -2.13. The van der Waals surface area contributed by atoms with Crippen LogP contribution in [0.15, 0.2) is 36.4 Å². The summed E-state index contributed by atoms with van der Waals surface area (Å²) in [5, 5.41) is 1.20. The Morgan fingerprint density at radius 3 is 2.53 bits per heavy atom. The first-order chi connectivity index (χ1) is 9.11. The van der Waals surface area contributed by atoms with E-state index in [4.69, 9.17) is 33.7 Å². The van der Waals surface area contributed by atoms with E-state index in [-0.39, 0.29) is 0 Å². The van der Waals surface area contributed by atoms with Gasteiger partial charge in [0.2, 0.25) is 0 Å². The molecule has 19 heavy (non-hydrogen) atoms. The second-order valence-corrected chi connectivity index (χ2v) is 5.07. The van der Waals surface area contributed by atoms with Gasteiger partial charge in [0.05, 0.1) is 5.02 Å². The van der Waals surface area contributed by atoms with Crippen LogP contribution in [0.4, 0.5) is 5.69 Å². The second-order valence-electron chi connectivity index (χ2n) is 4.26. The lowest BCUT2D eigenvalue weighted by atomic mass is 10.1. The number of halogens is 2. The van der Waals surface area contributed by atoms with Crippen molar-refractivity contribution >= 4 is 28.9 Å². The Labute approximate surface area is 123 Å². The van der Waals surface area contributed by atoms with Crippen LogP contribution in [0.25, 0.3) is 0 Å². The number of anilines is 1. The van der Waals surface area contributed by atoms with Gasteiger partial charge in [0.1, 0.15) is 11.5 Å². The summed E-state index contributed by atoms with van der Waals surface area (Å²) in [5.41, 5.74) is 7.27. The molecule has 0 aliphatic rings. The van der Waals surface area contributed by atoms with E-state index < -0.39 is 0 Å². The first-order valence-electron chi connectivity index (χ1n) is 6.12. The molecule has 0 bridgehead atoms. The molecule has 2 aromatic rings. The van der Waals surface area contributed by atoms with Crippen LogP contribution in [-0.2, 0) is 6.42 Å². The van der Waals surface area contributed by atoms with Crippen LogP contribution in [-0.4, -0.2) is 0 Å². The molecule has 0 atom stereocenters. The molecule has 0 fully saturated rings. The maximum absolute atomic E-state index is 6.21. The molecule has 0 unspecified atom stereocenters. The Morgan fingerprint density at radius 2 is 1.84 bits per heavy atom. The summed E-state index contributed by atoms with van der Waals surface area (Å²) in [6, 6.07) is 10.8. The lowest BCUT2D eigenvalue weighted by Crippen LogP contribution is -1.94. The number of hydrogen-bond donors (Lipinski definition) is 1. The van der Waals surface area contributed by atoms with E-state index in [0.29, 0.717) is 21.5 Å². The fourth-order valence-electron chi connectivity index (χ4n) is 1.85. The summed E-state index contributed by atoms with van der Waals surface area (Å²) < 4.78 is 5.86. The van der Waals surface area contributed by atoms with Gasteiger partial charge in [0, 0.05) is 16.3 Å². The van der Waals surface area contributed by atoms with Crippen molar-refractivity contribution in [1.29, 1.82) is 0 Å². The molecule has 0 amide bonds. The zero-order valence-electron chi connectivity index (χ0n) is 10.6. The maximum Gasteiger partial charge on any atom is 0.146 e. The molecule has 0 radical (unpaired) electrons. The van der Waals surface area contributed by atoms with Crippen molar-refractivity contribution in [2.45, 2.75) is 19.8 Å². The molecule has 100 valence electrons. The monoisotopic (exact) mass is 295 g/mol. The Hall–Kier alpha value is -1.38. The molecular weight excluding hydrogens is 281 g/mol. The third-order valence-corrected chi connectivity index (χ3v) is 3.40. The van der Waals surface area contributed by atoms with Crippen LogP contribution in [0.3, 0.4) is 0 Å². The Bertz CT molecular complexity index is 584. The van der Waals surface area contributed by atoms with E-state index in [1.165, 1.54) is 0 Å². The molecule has 2 N–H and O–H groups in total. The van der Waals surface area contributed by atoms with Crippen molar-refractivity contribution in [2.24, 2.45) is 0 Å². The summed E-state index contributed by atoms with van der Waals surface area (Å²) in [7, 11) is 0. The Kier molecular flexibility index (Phi) is 4.56. The minimum absolute atomic E-state index is 0.488. The van der Waals surface area contributed by atoms with E-state index in [1.807, 2.05) is 18.2 Å². The van der Waals surface area contributed by atoms with Crippen LogP contribution in [0.5, 0.6) is 11.5 Å². The van der Waals surface area contributed by atoms with Gasteiger partial charge in [-0.15, -0.1) is 0 Å². The predicted molar refractivity (Wildman–Crippen MR) is 81.4 cm³/mol. The highest BCUT2D eigenvalue weighted by Gasteiger charge is 2.10. The molecule has 0 heterocycles. The number of ether oxygens (including phenoxy) is 1. The van der Waals surface area contributed by atoms with Crippen molar-refractivity contribution in [3.05, 3.63) is 52.0 Å². The minimum Gasteiger partial charge on any atom is -0.455 e. The number of nitrogen functional groups attached to an aromatic ring is 1. The first-order valence-corrected chi connectivity index (χ1v) is 6.87. The summed E-state index contributed by atoms with van der Waals surface area (Å²) in [6.45, 7) is 2.10. The summed E-state index contributed by atoms with van der Waals surface area (Å²) >= 11 is 12.3. The molecule has 0 spiro atoms. The van der Waals surface area contributed by atoms with Gasteiger partial charge in [0.15, 0.2) is 0 Å².